The molecule has 7 heteroatoms. The van der Waals surface area contributed by atoms with Crippen LogP contribution in [0.2, 0.25) is 0 Å². The molecule has 28 heavy (non-hydrogen) atoms. The monoisotopic (exact) mass is 383 g/mol. The average molecular weight is 383 g/mol. The van der Waals surface area contributed by atoms with Crippen LogP contribution in [0.25, 0.3) is 0 Å². The van der Waals surface area contributed by atoms with Crippen molar-refractivity contribution in [3.8, 4) is 23.0 Å². The fourth-order valence-corrected chi connectivity index (χ4v) is 4.22. The van der Waals surface area contributed by atoms with Crippen molar-refractivity contribution in [3.05, 3.63) is 47.5 Å². The molecule has 146 valence electrons. The third-order valence-corrected chi connectivity index (χ3v) is 5.59. The van der Waals surface area contributed by atoms with Crippen molar-refractivity contribution in [2.45, 2.75) is 18.9 Å². The molecule has 2 aromatic carbocycles. The lowest BCUT2D eigenvalue weighted by Gasteiger charge is -2.37. The summed E-state index contributed by atoms with van der Waals surface area (Å²) in [6.07, 6.45) is 1.56. The molecule has 1 fully saturated rings. The first kappa shape index (κ1) is 17.2. The van der Waals surface area contributed by atoms with Crippen molar-refractivity contribution < 1.29 is 28.8 Å². The lowest BCUT2D eigenvalue weighted by molar-refractivity contribution is -0.143. The van der Waals surface area contributed by atoms with E-state index in [1.807, 2.05) is 36.4 Å². The quantitative estimate of drug-likeness (QED) is 0.869. The Labute approximate surface area is 162 Å². The number of piperidine rings is 1. The van der Waals surface area contributed by atoms with Gasteiger partial charge in [-0.05, 0) is 54.8 Å². The summed E-state index contributed by atoms with van der Waals surface area (Å²) < 4.78 is 22.0. The van der Waals surface area contributed by atoms with Crippen molar-refractivity contribution in [1.82, 2.24) is 4.90 Å². The lowest BCUT2D eigenvalue weighted by Crippen LogP contribution is -2.41. The smallest absolute Gasteiger partial charge is 0.307 e. The van der Waals surface area contributed by atoms with E-state index in [0.29, 0.717) is 13.0 Å². The number of carboxylic acid groups (broad SMARTS) is 1. The Bertz CT molecular complexity index is 856. The van der Waals surface area contributed by atoms with E-state index in [0.717, 1.165) is 47.1 Å². The normalized spacial score (nSPS) is 20.5. The molecular formula is C21H21NO6. The molecule has 0 aromatic heterocycles. The zero-order valence-electron chi connectivity index (χ0n) is 15.3. The van der Waals surface area contributed by atoms with Gasteiger partial charge in [0.1, 0.15) is 0 Å². The molecule has 0 aliphatic carbocycles. The molecule has 1 unspecified atom stereocenters. The number of benzene rings is 2. The first-order chi connectivity index (χ1) is 13.7. The van der Waals surface area contributed by atoms with Crippen LogP contribution in [0.4, 0.5) is 0 Å². The highest BCUT2D eigenvalue weighted by molar-refractivity contribution is 5.70. The fraction of sp³-hybridized carbons (Fsp3) is 0.381. The highest BCUT2D eigenvalue weighted by atomic mass is 16.7. The minimum absolute atomic E-state index is 0.105. The van der Waals surface area contributed by atoms with E-state index in [-0.39, 0.29) is 25.5 Å². The number of fused-ring (bicyclic) bond motifs is 2. The van der Waals surface area contributed by atoms with Crippen LogP contribution < -0.4 is 18.9 Å². The fourth-order valence-electron chi connectivity index (χ4n) is 4.22. The number of hydrogen-bond donors (Lipinski definition) is 1. The van der Waals surface area contributed by atoms with Gasteiger partial charge in [-0.25, -0.2) is 0 Å². The van der Waals surface area contributed by atoms with Gasteiger partial charge < -0.3 is 24.1 Å². The first-order valence-corrected chi connectivity index (χ1v) is 9.45. The van der Waals surface area contributed by atoms with Crippen molar-refractivity contribution in [2.75, 3.05) is 26.7 Å². The first-order valence-electron chi connectivity index (χ1n) is 9.45. The van der Waals surface area contributed by atoms with E-state index in [9.17, 15) is 9.90 Å². The van der Waals surface area contributed by atoms with Gasteiger partial charge in [-0.2, -0.15) is 0 Å². The van der Waals surface area contributed by atoms with E-state index in [2.05, 4.69) is 4.90 Å². The average Bonchev–Trinajstić information content (AvgIpc) is 3.37. The Morgan fingerprint density at radius 2 is 1.50 bits per heavy atom. The number of likely N-dealkylation sites (tertiary alicyclic amines) is 1. The Kier molecular flexibility index (Phi) is 4.24. The van der Waals surface area contributed by atoms with Crippen LogP contribution in [-0.2, 0) is 4.79 Å². The molecule has 3 aliphatic heterocycles. The molecule has 1 atom stereocenters. The molecule has 0 bridgehead atoms. The van der Waals surface area contributed by atoms with Crippen LogP contribution in [0.15, 0.2) is 36.4 Å². The Morgan fingerprint density at radius 3 is 2.07 bits per heavy atom. The van der Waals surface area contributed by atoms with Gasteiger partial charge in [0.2, 0.25) is 13.6 Å². The molecule has 0 spiro atoms. The summed E-state index contributed by atoms with van der Waals surface area (Å²) in [4.78, 5) is 13.8. The molecule has 7 nitrogen and oxygen atoms in total. The van der Waals surface area contributed by atoms with E-state index in [4.69, 9.17) is 18.9 Å². The summed E-state index contributed by atoms with van der Waals surface area (Å²) in [7, 11) is 0. The molecule has 0 amide bonds. The highest BCUT2D eigenvalue weighted by Crippen LogP contribution is 2.42. The number of nitrogens with zero attached hydrogens (tertiary/aromatic N) is 1. The van der Waals surface area contributed by atoms with Crippen LogP contribution >= 0.6 is 0 Å². The van der Waals surface area contributed by atoms with Crippen LogP contribution in [0.3, 0.4) is 0 Å². The molecule has 0 saturated carbocycles. The molecule has 2 aromatic rings. The molecule has 0 radical (unpaired) electrons. The third kappa shape index (κ3) is 3.01. The topological polar surface area (TPSA) is 77.5 Å². The number of rotatable bonds is 4. The van der Waals surface area contributed by atoms with Gasteiger partial charge in [-0.1, -0.05) is 12.1 Å². The number of hydrogen-bond acceptors (Lipinski definition) is 6. The number of carbonyl (C=O) groups is 1. The van der Waals surface area contributed by atoms with Gasteiger partial charge in [-0.15, -0.1) is 0 Å². The van der Waals surface area contributed by atoms with E-state index >= 15 is 0 Å². The second-order valence-corrected chi connectivity index (χ2v) is 7.30. The zero-order valence-corrected chi connectivity index (χ0v) is 15.3. The lowest BCUT2D eigenvalue weighted by atomic mass is 9.91. The molecule has 5 rings (SSSR count). The second kappa shape index (κ2) is 6.91. The minimum atomic E-state index is -0.736. The molecule has 1 saturated heterocycles. The van der Waals surface area contributed by atoms with Gasteiger partial charge in [0.05, 0.1) is 12.0 Å². The summed E-state index contributed by atoms with van der Waals surface area (Å²) in [5.74, 6) is 1.80. The largest absolute Gasteiger partial charge is 0.481 e. The number of aliphatic carboxylic acids is 1. The SMILES string of the molecule is O=C(O)C1CCCN(C(c2ccc3c(c2)OCO3)c2ccc3c(c2)OCO3)C1. The summed E-state index contributed by atoms with van der Waals surface area (Å²) in [6, 6.07) is 11.7. The van der Waals surface area contributed by atoms with Gasteiger partial charge in [-0.3, -0.25) is 9.69 Å². The highest BCUT2D eigenvalue weighted by Gasteiger charge is 2.32. The predicted octanol–water partition coefficient (Wildman–Crippen LogP) is 3.03. The number of carboxylic acids is 1. The van der Waals surface area contributed by atoms with Crippen LogP contribution in [0.1, 0.15) is 30.0 Å². The molecule has 3 aliphatic rings. The van der Waals surface area contributed by atoms with Gasteiger partial charge in [0.25, 0.3) is 0 Å². The van der Waals surface area contributed by atoms with Crippen LogP contribution in [0.5, 0.6) is 23.0 Å². The van der Waals surface area contributed by atoms with Crippen molar-refractivity contribution >= 4 is 5.97 Å². The maximum atomic E-state index is 11.6. The van der Waals surface area contributed by atoms with E-state index < -0.39 is 5.97 Å². The summed E-state index contributed by atoms with van der Waals surface area (Å²) in [6.45, 7) is 1.77. The molecular weight excluding hydrogens is 362 g/mol. The standard InChI is InChI=1S/C21H21NO6/c23-21(24)15-2-1-7-22(10-15)20(13-3-5-16-18(8-13)27-11-25-16)14-4-6-17-19(9-14)28-12-26-17/h3-6,8-9,15,20H,1-2,7,10-12H2,(H,23,24). The van der Waals surface area contributed by atoms with Crippen molar-refractivity contribution in [1.29, 1.82) is 0 Å². The van der Waals surface area contributed by atoms with Gasteiger partial charge in [0.15, 0.2) is 23.0 Å². The van der Waals surface area contributed by atoms with Crippen LogP contribution in [-0.4, -0.2) is 42.7 Å². The predicted molar refractivity (Wildman–Crippen MR) is 98.9 cm³/mol. The minimum Gasteiger partial charge on any atom is -0.481 e. The van der Waals surface area contributed by atoms with Crippen molar-refractivity contribution in [2.24, 2.45) is 5.92 Å². The van der Waals surface area contributed by atoms with Gasteiger partial charge >= 0.3 is 5.97 Å². The number of ether oxygens (including phenoxy) is 4. The van der Waals surface area contributed by atoms with E-state index in [1.54, 1.807) is 0 Å². The van der Waals surface area contributed by atoms with Gasteiger partial charge in [0, 0.05) is 6.54 Å². The summed E-state index contributed by atoms with van der Waals surface area (Å²) in [5.41, 5.74) is 2.07. The summed E-state index contributed by atoms with van der Waals surface area (Å²) >= 11 is 0. The summed E-state index contributed by atoms with van der Waals surface area (Å²) in [5, 5.41) is 9.53. The van der Waals surface area contributed by atoms with Crippen LogP contribution in [0, 0.1) is 5.92 Å². The maximum Gasteiger partial charge on any atom is 0.307 e. The van der Waals surface area contributed by atoms with E-state index in [1.165, 1.54) is 0 Å². The Balaban J connectivity index is 1.55. The molecule has 3 heterocycles. The van der Waals surface area contributed by atoms with Crippen molar-refractivity contribution in [3.63, 3.8) is 0 Å². The molecule has 1 N–H and O–H groups in total. The second-order valence-electron chi connectivity index (χ2n) is 7.30. The maximum absolute atomic E-state index is 11.6. The third-order valence-electron chi connectivity index (χ3n) is 5.59. The Morgan fingerprint density at radius 1 is 0.929 bits per heavy atom. The Hall–Kier alpha value is -2.93. The zero-order chi connectivity index (χ0) is 19.1.